The smallest absolute Gasteiger partial charge is 0.155 e. The maximum Gasteiger partial charge on any atom is 0.155 e. The van der Waals surface area contributed by atoms with Crippen LogP contribution in [0.25, 0.3) is 0 Å². The van der Waals surface area contributed by atoms with Gasteiger partial charge in [-0.05, 0) is 12.8 Å². The van der Waals surface area contributed by atoms with E-state index < -0.39 is 30.2 Å². The fraction of sp³-hybridized carbons (Fsp3) is 1.00. The number of hydrogen-bond acceptors (Lipinski definition) is 4. The van der Waals surface area contributed by atoms with Crippen LogP contribution in [0, 0.1) is 0 Å². The summed E-state index contributed by atoms with van der Waals surface area (Å²) in [7, 11) is -6.41. The molecule has 1 fully saturated rings. The van der Waals surface area contributed by atoms with Gasteiger partial charge >= 0.3 is 0 Å². The summed E-state index contributed by atoms with van der Waals surface area (Å²) < 4.78 is 47.5. The van der Waals surface area contributed by atoms with E-state index in [9.17, 15) is 16.8 Å². The maximum absolute atomic E-state index is 11.9. The molecular formula is C10H20O4S2. The Morgan fingerprint density at radius 2 is 1.12 bits per heavy atom. The monoisotopic (exact) mass is 268 g/mol. The summed E-state index contributed by atoms with van der Waals surface area (Å²) in [5, 5.41) is -1.34. The van der Waals surface area contributed by atoms with E-state index >= 15 is 0 Å². The summed E-state index contributed by atoms with van der Waals surface area (Å²) in [6.45, 7) is 3.75. The van der Waals surface area contributed by atoms with Gasteiger partial charge < -0.3 is 0 Å². The number of sulfone groups is 2. The van der Waals surface area contributed by atoms with Gasteiger partial charge in [-0.1, -0.05) is 26.7 Å². The van der Waals surface area contributed by atoms with E-state index in [4.69, 9.17) is 0 Å². The fourth-order valence-corrected chi connectivity index (χ4v) is 8.07. The Labute approximate surface area is 98.3 Å². The molecule has 0 aliphatic carbocycles. The van der Waals surface area contributed by atoms with Crippen LogP contribution in [0.3, 0.4) is 0 Å². The second kappa shape index (κ2) is 5.04. The first-order valence-electron chi connectivity index (χ1n) is 5.76. The van der Waals surface area contributed by atoms with Gasteiger partial charge in [0.25, 0.3) is 0 Å². The van der Waals surface area contributed by atoms with Gasteiger partial charge in [0.05, 0.1) is 22.0 Å². The minimum absolute atomic E-state index is 0.173. The van der Waals surface area contributed by atoms with E-state index in [1.54, 1.807) is 0 Å². The molecular weight excluding hydrogens is 248 g/mol. The molecule has 2 unspecified atom stereocenters. The zero-order valence-electron chi connectivity index (χ0n) is 9.85. The van der Waals surface area contributed by atoms with Crippen molar-refractivity contribution in [3.05, 3.63) is 0 Å². The quantitative estimate of drug-likeness (QED) is 0.767. The number of rotatable bonds is 4. The largest absolute Gasteiger partial charge is 0.228 e. The van der Waals surface area contributed by atoms with Crippen molar-refractivity contribution in [1.82, 2.24) is 0 Å². The number of hydrogen-bond donors (Lipinski definition) is 0. The van der Waals surface area contributed by atoms with Crippen molar-refractivity contribution in [2.45, 2.75) is 50.0 Å². The Kier molecular flexibility index (Phi) is 4.40. The Hall–Kier alpha value is -0.100. The van der Waals surface area contributed by atoms with E-state index in [2.05, 4.69) is 0 Å². The minimum Gasteiger partial charge on any atom is -0.228 e. The van der Waals surface area contributed by atoms with Gasteiger partial charge in [0, 0.05) is 0 Å². The Balaban J connectivity index is 2.95. The third-order valence-corrected chi connectivity index (χ3v) is 8.07. The van der Waals surface area contributed by atoms with Gasteiger partial charge in [0.2, 0.25) is 0 Å². The van der Waals surface area contributed by atoms with Gasteiger partial charge in [0.1, 0.15) is 0 Å². The Morgan fingerprint density at radius 1 is 0.812 bits per heavy atom. The highest BCUT2D eigenvalue weighted by Gasteiger charge is 2.42. The Bertz CT molecular complexity index is 380. The third kappa shape index (κ3) is 2.97. The van der Waals surface area contributed by atoms with Crippen LogP contribution in [-0.4, -0.2) is 38.8 Å². The molecule has 0 radical (unpaired) electrons. The first-order chi connectivity index (χ1) is 7.33. The molecule has 0 saturated carbocycles. The molecule has 0 amide bonds. The van der Waals surface area contributed by atoms with E-state index in [1.807, 2.05) is 13.8 Å². The molecule has 1 saturated heterocycles. The molecule has 4 nitrogen and oxygen atoms in total. The molecule has 2 atom stereocenters. The summed E-state index contributed by atoms with van der Waals surface area (Å²) >= 11 is 0. The molecule has 0 spiro atoms. The summed E-state index contributed by atoms with van der Waals surface area (Å²) in [5.74, 6) is -0.346. The second-order valence-electron chi connectivity index (χ2n) is 4.48. The van der Waals surface area contributed by atoms with Crippen LogP contribution >= 0.6 is 0 Å². The molecule has 96 valence electrons. The SMILES string of the molecule is CCCC1CS(=O)(=O)C(CCC)CS1(=O)=O. The van der Waals surface area contributed by atoms with Crippen LogP contribution in [0.1, 0.15) is 39.5 Å². The lowest BCUT2D eigenvalue weighted by Gasteiger charge is -2.28. The Morgan fingerprint density at radius 3 is 1.38 bits per heavy atom. The molecule has 0 bridgehead atoms. The van der Waals surface area contributed by atoms with Crippen molar-refractivity contribution in [3.63, 3.8) is 0 Å². The van der Waals surface area contributed by atoms with Crippen LogP contribution in [0.4, 0.5) is 0 Å². The van der Waals surface area contributed by atoms with Crippen molar-refractivity contribution < 1.29 is 16.8 Å². The van der Waals surface area contributed by atoms with E-state index in [0.29, 0.717) is 25.7 Å². The summed E-state index contributed by atoms with van der Waals surface area (Å²) in [6, 6.07) is 0. The van der Waals surface area contributed by atoms with Crippen molar-refractivity contribution in [2.24, 2.45) is 0 Å². The van der Waals surface area contributed by atoms with Gasteiger partial charge in [-0.3, -0.25) is 0 Å². The average Bonchev–Trinajstić information content (AvgIpc) is 2.14. The standard InChI is InChI=1S/C10H20O4S2/c1-3-5-9-7-16(13,14)10(6-4-2)8-15(9,11)12/h9-10H,3-8H2,1-2H3. The minimum atomic E-state index is -3.21. The van der Waals surface area contributed by atoms with Crippen LogP contribution in [0.5, 0.6) is 0 Å². The van der Waals surface area contributed by atoms with Crippen LogP contribution in [0.2, 0.25) is 0 Å². The first kappa shape index (κ1) is 14.0. The summed E-state index contributed by atoms with van der Waals surface area (Å²) in [6.07, 6.45) is 2.33. The molecule has 0 aromatic heterocycles. The highest BCUT2D eigenvalue weighted by molar-refractivity contribution is 7.99. The fourth-order valence-electron chi connectivity index (χ4n) is 2.17. The molecule has 1 aliphatic rings. The molecule has 0 aromatic rings. The molecule has 1 heterocycles. The molecule has 0 N–H and O–H groups in total. The van der Waals surface area contributed by atoms with Gasteiger partial charge in [-0.25, -0.2) is 16.8 Å². The lowest BCUT2D eigenvalue weighted by atomic mass is 10.2. The van der Waals surface area contributed by atoms with E-state index in [0.717, 1.165) is 0 Å². The normalized spacial score (nSPS) is 32.4. The predicted octanol–water partition coefficient (Wildman–Crippen LogP) is 1.17. The molecule has 1 aliphatic heterocycles. The van der Waals surface area contributed by atoms with Crippen LogP contribution in [-0.2, 0) is 19.7 Å². The first-order valence-corrected chi connectivity index (χ1v) is 9.19. The molecule has 16 heavy (non-hydrogen) atoms. The van der Waals surface area contributed by atoms with Crippen LogP contribution in [0.15, 0.2) is 0 Å². The average molecular weight is 268 g/mol. The lowest BCUT2D eigenvalue weighted by molar-refractivity contribution is 0.538. The maximum atomic E-state index is 11.9. The second-order valence-corrected chi connectivity index (χ2v) is 9.13. The lowest BCUT2D eigenvalue weighted by Crippen LogP contribution is -2.46. The third-order valence-electron chi connectivity index (χ3n) is 3.07. The highest BCUT2D eigenvalue weighted by Crippen LogP contribution is 2.25. The summed E-state index contributed by atoms with van der Waals surface area (Å²) in [5.41, 5.74) is 0. The van der Waals surface area contributed by atoms with E-state index in [-0.39, 0.29) is 11.5 Å². The zero-order valence-corrected chi connectivity index (χ0v) is 11.5. The molecule has 1 rings (SSSR count). The predicted molar refractivity (Wildman–Crippen MR) is 65.0 cm³/mol. The van der Waals surface area contributed by atoms with Crippen molar-refractivity contribution in [3.8, 4) is 0 Å². The highest BCUT2D eigenvalue weighted by atomic mass is 32.2. The van der Waals surface area contributed by atoms with Crippen molar-refractivity contribution in [1.29, 1.82) is 0 Å². The van der Waals surface area contributed by atoms with E-state index in [1.165, 1.54) is 0 Å². The molecule has 0 aromatic carbocycles. The zero-order chi connectivity index (χ0) is 12.4. The van der Waals surface area contributed by atoms with Crippen LogP contribution < -0.4 is 0 Å². The topological polar surface area (TPSA) is 68.3 Å². The molecule has 6 heteroatoms. The van der Waals surface area contributed by atoms with Gasteiger partial charge in [0.15, 0.2) is 19.7 Å². The van der Waals surface area contributed by atoms with Crippen molar-refractivity contribution in [2.75, 3.05) is 11.5 Å². The van der Waals surface area contributed by atoms with Gasteiger partial charge in [-0.15, -0.1) is 0 Å². The summed E-state index contributed by atoms with van der Waals surface area (Å²) in [4.78, 5) is 0. The van der Waals surface area contributed by atoms with Crippen molar-refractivity contribution >= 4 is 19.7 Å². The van der Waals surface area contributed by atoms with Gasteiger partial charge in [-0.2, -0.15) is 0 Å².